The Bertz CT molecular complexity index is 767. The molecule has 1 saturated carbocycles. The molecule has 2 aromatic carbocycles. The predicted octanol–water partition coefficient (Wildman–Crippen LogP) is 7.92. The second kappa shape index (κ2) is 10.00. The number of halogens is 3. The molecule has 0 radical (unpaired) electrons. The first-order valence-electron chi connectivity index (χ1n) is 10.5. The van der Waals surface area contributed by atoms with Crippen LogP contribution in [0.1, 0.15) is 56.9 Å². The molecule has 0 heterocycles. The van der Waals surface area contributed by atoms with Gasteiger partial charge in [0, 0.05) is 6.08 Å². The summed E-state index contributed by atoms with van der Waals surface area (Å²) in [7, 11) is 0. The zero-order chi connectivity index (χ0) is 20.7. The Morgan fingerprint density at radius 3 is 2.03 bits per heavy atom. The van der Waals surface area contributed by atoms with Gasteiger partial charge in [-0.3, -0.25) is 0 Å². The fraction of sp³-hybridized carbons (Fsp3) is 0.440. The van der Waals surface area contributed by atoms with Gasteiger partial charge in [0.25, 0.3) is 0 Å². The van der Waals surface area contributed by atoms with Crippen LogP contribution in [0, 0.1) is 5.92 Å². The molecule has 3 rings (SSSR count). The monoisotopic (exact) mass is 402 g/mol. The molecule has 4 heteroatoms. The molecule has 1 nitrogen and oxygen atoms in total. The summed E-state index contributed by atoms with van der Waals surface area (Å²) in [5, 5.41) is 0. The lowest BCUT2D eigenvalue weighted by Crippen LogP contribution is -2.13. The number of ether oxygens (including phenoxy) is 1. The molecule has 0 N–H and O–H groups in total. The van der Waals surface area contributed by atoms with Crippen molar-refractivity contribution in [3.8, 4) is 16.9 Å². The third-order valence-corrected chi connectivity index (χ3v) is 5.77. The van der Waals surface area contributed by atoms with Crippen molar-refractivity contribution >= 4 is 0 Å². The summed E-state index contributed by atoms with van der Waals surface area (Å²) in [6.07, 6.45) is 4.80. The second-order valence-corrected chi connectivity index (χ2v) is 7.91. The Hall–Kier alpha value is -2.23. The fourth-order valence-corrected chi connectivity index (χ4v) is 4.21. The zero-order valence-corrected chi connectivity index (χ0v) is 16.9. The molecule has 156 valence electrons. The van der Waals surface area contributed by atoms with Crippen LogP contribution in [0.15, 0.2) is 60.7 Å². The number of benzene rings is 2. The van der Waals surface area contributed by atoms with Gasteiger partial charge in [-0.2, -0.15) is 13.2 Å². The van der Waals surface area contributed by atoms with Crippen molar-refractivity contribution in [2.24, 2.45) is 5.92 Å². The third-order valence-electron chi connectivity index (χ3n) is 5.77. The summed E-state index contributed by atoms with van der Waals surface area (Å²) < 4.78 is 41.6. The van der Waals surface area contributed by atoms with Gasteiger partial charge in [0.15, 0.2) is 0 Å². The lowest BCUT2D eigenvalue weighted by molar-refractivity contribution is -0.0801. The molecule has 0 spiro atoms. The van der Waals surface area contributed by atoms with Crippen LogP contribution in [0.2, 0.25) is 0 Å². The van der Waals surface area contributed by atoms with Crippen LogP contribution >= 0.6 is 0 Å². The first kappa shape index (κ1) is 21.5. The molecule has 2 aromatic rings. The average molecular weight is 403 g/mol. The van der Waals surface area contributed by atoms with Gasteiger partial charge in [-0.25, -0.2) is 0 Å². The molecular formula is C25H29F3O. The molecule has 0 aromatic heterocycles. The minimum absolute atomic E-state index is 0.103. The first-order valence-corrected chi connectivity index (χ1v) is 10.5. The molecular weight excluding hydrogens is 373 g/mol. The van der Waals surface area contributed by atoms with Gasteiger partial charge in [-0.1, -0.05) is 56.2 Å². The topological polar surface area (TPSA) is 9.23 Å². The highest BCUT2D eigenvalue weighted by Gasteiger charge is 2.22. The minimum Gasteiger partial charge on any atom is -0.490 e. The van der Waals surface area contributed by atoms with E-state index in [0.29, 0.717) is 11.7 Å². The van der Waals surface area contributed by atoms with Crippen LogP contribution < -0.4 is 4.74 Å². The zero-order valence-electron chi connectivity index (χ0n) is 16.9. The van der Waals surface area contributed by atoms with E-state index in [9.17, 15) is 13.2 Å². The number of rotatable bonds is 7. The molecule has 0 amide bonds. The van der Waals surface area contributed by atoms with E-state index in [-0.39, 0.29) is 12.7 Å². The van der Waals surface area contributed by atoms with Gasteiger partial charge >= 0.3 is 6.18 Å². The summed E-state index contributed by atoms with van der Waals surface area (Å²) in [4.78, 5) is 0. The Balaban J connectivity index is 1.54. The lowest BCUT2D eigenvalue weighted by Gasteiger charge is -2.28. The largest absolute Gasteiger partial charge is 0.490 e. The van der Waals surface area contributed by atoms with Crippen molar-refractivity contribution < 1.29 is 17.9 Å². The Kier molecular flexibility index (Phi) is 7.40. The average Bonchev–Trinajstić information content (AvgIpc) is 2.72. The highest BCUT2D eigenvalue weighted by molar-refractivity contribution is 5.64. The van der Waals surface area contributed by atoms with Crippen LogP contribution in [-0.2, 0) is 0 Å². The molecule has 0 aliphatic heterocycles. The Morgan fingerprint density at radius 1 is 0.897 bits per heavy atom. The van der Waals surface area contributed by atoms with E-state index >= 15 is 0 Å². The summed E-state index contributed by atoms with van der Waals surface area (Å²) in [6, 6.07) is 16.3. The fourth-order valence-electron chi connectivity index (χ4n) is 4.21. The van der Waals surface area contributed by atoms with Crippen molar-refractivity contribution in [2.45, 2.75) is 57.5 Å². The number of alkyl halides is 3. The summed E-state index contributed by atoms with van der Waals surface area (Å²) in [5.41, 5.74) is 3.64. The van der Waals surface area contributed by atoms with Crippen LogP contribution in [0.5, 0.6) is 5.75 Å². The first-order chi connectivity index (χ1) is 13.9. The summed E-state index contributed by atoms with van der Waals surface area (Å²) in [6.45, 7) is 2.17. The SMILES string of the molecule is CCCC1CCC(c2ccc(-c3ccc(OC/C=C/C(F)(F)F)cc3)cc2)CC1. The van der Waals surface area contributed by atoms with Crippen molar-refractivity contribution in [1.29, 1.82) is 0 Å². The van der Waals surface area contributed by atoms with Crippen LogP contribution in [0.4, 0.5) is 13.2 Å². The molecule has 1 aliphatic carbocycles. The van der Waals surface area contributed by atoms with E-state index in [4.69, 9.17) is 4.74 Å². The van der Waals surface area contributed by atoms with Gasteiger partial charge < -0.3 is 4.74 Å². The van der Waals surface area contributed by atoms with E-state index in [1.807, 2.05) is 12.1 Å². The molecule has 1 fully saturated rings. The van der Waals surface area contributed by atoms with Crippen molar-refractivity contribution in [1.82, 2.24) is 0 Å². The quantitative estimate of drug-likeness (QED) is 0.427. The normalized spacial score (nSPS) is 20.1. The maximum absolute atomic E-state index is 12.1. The van der Waals surface area contributed by atoms with E-state index in [2.05, 4.69) is 31.2 Å². The molecule has 1 aliphatic rings. The van der Waals surface area contributed by atoms with Gasteiger partial charge in [-0.05, 0) is 72.4 Å². The Labute approximate surface area is 171 Å². The molecule has 0 saturated heterocycles. The summed E-state index contributed by atoms with van der Waals surface area (Å²) in [5.74, 6) is 2.15. The third kappa shape index (κ3) is 6.66. The van der Waals surface area contributed by atoms with E-state index in [1.165, 1.54) is 44.1 Å². The maximum Gasteiger partial charge on any atom is 0.409 e. The molecule has 0 unspecified atom stereocenters. The van der Waals surface area contributed by atoms with Gasteiger partial charge in [0.05, 0.1) is 0 Å². The van der Waals surface area contributed by atoms with E-state index in [1.54, 1.807) is 12.1 Å². The van der Waals surface area contributed by atoms with Gasteiger partial charge in [-0.15, -0.1) is 0 Å². The standard InChI is InChI=1S/C25H29F3O/c1-2-4-19-5-7-20(8-6-19)21-9-11-22(12-10-21)23-13-15-24(16-14-23)29-18-3-17-25(26,27)28/h3,9-17,19-20H,2,4-8,18H2,1H3/b17-3+. The van der Waals surface area contributed by atoms with Crippen LogP contribution in [0.25, 0.3) is 11.1 Å². The highest BCUT2D eigenvalue weighted by Crippen LogP contribution is 2.38. The van der Waals surface area contributed by atoms with E-state index in [0.717, 1.165) is 23.1 Å². The second-order valence-electron chi connectivity index (χ2n) is 7.91. The number of hydrogen-bond acceptors (Lipinski definition) is 1. The van der Waals surface area contributed by atoms with E-state index < -0.39 is 6.18 Å². The molecule has 0 bridgehead atoms. The summed E-state index contributed by atoms with van der Waals surface area (Å²) >= 11 is 0. The van der Waals surface area contributed by atoms with Crippen molar-refractivity contribution in [3.05, 3.63) is 66.2 Å². The highest BCUT2D eigenvalue weighted by atomic mass is 19.4. The number of allylic oxidation sites excluding steroid dienone is 1. The predicted molar refractivity (Wildman–Crippen MR) is 112 cm³/mol. The van der Waals surface area contributed by atoms with Crippen molar-refractivity contribution in [3.63, 3.8) is 0 Å². The lowest BCUT2D eigenvalue weighted by atomic mass is 9.77. The number of hydrogen-bond donors (Lipinski definition) is 0. The maximum atomic E-state index is 12.1. The Morgan fingerprint density at radius 2 is 1.48 bits per heavy atom. The molecule has 29 heavy (non-hydrogen) atoms. The van der Waals surface area contributed by atoms with Gasteiger partial charge in [0.2, 0.25) is 0 Å². The minimum atomic E-state index is -4.30. The smallest absolute Gasteiger partial charge is 0.409 e. The van der Waals surface area contributed by atoms with Gasteiger partial charge in [0.1, 0.15) is 12.4 Å². The van der Waals surface area contributed by atoms with Crippen molar-refractivity contribution in [2.75, 3.05) is 6.61 Å². The van der Waals surface area contributed by atoms with Crippen LogP contribution in [0.3, 0.4) is 0 Å². The molecule has 0 atom stereocenters. The van der Waals surface area contributed by atoms with Crippen LogP contribution in [-0.4, -0.2) is 12.8 Å².